The number of carbonyl (C=O) groups excluding carboxylic acids is 1. The van der Waals surface area contributed by atoms with Gasteiger partial charge in [0.2, 0.25) is 5.91 Å². The Labute approximate surface area is 137 Å². The van der Waals surface area contributed by atoms with Crippen molar-refractivity contribution in [2.24, 2.45) is 5.92 Å². The number of aliphatic hydroxyl groups is 1. The van der Waals surface area contributed by atoms with E-state index in [1.54, 1.807) is 6.92 Å². The Kier molecular flexibility index (Phi) is 7.52. The van der Waals surface area contributed by atoms with Crippen molar-refractivity contribution in [2.45, 2.75) is 57.8 Å². The van der Waals surface area contributed by atoms with Crippen molar-refractivity contribution < 1.29 is 19.5 Å². The van der Waals surface area contributed by atoms with Crippen LogP contribution < -0.4 is 5.48 Å². The second-order valence-electron chi connectivity index (χ2n) is 6.11. The largest absolute Gasteiger partial charge is 0.393 e. The average Bonchev–Trinajstić information content (AvgIpc) is 2.58. The fraction of sp³-hybridized carbons (Fsp3) is 0.611. The number of hydrogen-bond donors (Lipinski definition) is 2. The fourth-order valence-electron chi connectivity index (χ4n) is 2.77. The Morgan fingerprint density at radius 2 is 2.17 bits per heavy atom. The SMILES string of the molecule is C[C@@H](O)[C@@H](CCCc1ccccc1)C(=O)NOC1CCCCO1. The summed E-state index contributed by atoms with van der Waals surface area (Å²) in [5.41, 5.74) is 3.70. The predicted molar refractivity (Wildman–Crippen MR) is 87.4 cm³/mol. The van der Waals surface area contributed by atoms with Crippen LogP contribution in [0.5, 0.6) is 0 Å². The van der Waals surface area contributed by atoms with Gasteiger partial charge in [0.1, 0.15) is 0 Å². The first-order valence-corrected chi connectivity index (χ1v) is 8.46. The van der Waals surface area contributed by atoms with Gasteiger partial charge in [-0.1, -0.05) is 30.3 Å². The van der Waals surface area contributed by atoms with E-state index in [-0.39, 0.29) is 12.2 Å². The van der Waals surface area contributed by atoms with Crippen LogP contribution in [-0.2, 0) is 20.8 Å². The molecule has 0 bridgehead atoms. The van der Waals surface area contributed by atoms with Crippen LogP contribution in [0.25, 0.3) is 0 Å². The highest BCUT2D eigenvalue weighted by Gasteiger charge is 2.25. The maximum absolute atomic E-state index is 12.2. The zero-order valence-electron chi connectivity index (χ0n) is 13.7. The number of ether oxygens (including phenoxy) is 1. The van der Waals surface area contributed by atoms with E-state index in [0.717, 1.165) is 32.1 Å². The van der Waals surface area contributed by atoms with E-state index < -0.39 is 12.0 Å². The van der Waals surface area contributed by atoms with Gasteiger partial charge in [-0.15, -0.1) is 0 Å². The van der Waals surface area contributed by atoms with Crippen LogP contribution in [-0.4, -0.2) is 30.0 Å². The summed E-state index contributed by atoms with van der Waals surface area (Å²) in [5.74, 6) is -0.746. The quantitative estimate of drug-likeness (QED) is 0.722. The molecule has 1 unspecified atom stereocenters. The molecule has 1 amide bonds. The van der Waals surface area contributed by atoms with Crippen molar-refractivity contribution in [2.75, 3.05) is 6.61 Å². The van der Waals surface area contributed by atoms with Crippen LogP contribution in [0.15, 0.2) is 30.3 Å². The summed E-state index contributed by atoms with van der Waals surface area (Å²) in [6.07, 6.45) is 4.13. The van der Waals surface area contributed by atoms with Crippen LogP contribution in [0, 0.1) is 5.92 Å². The first-order chi connectivity index (χ1) is 11.2. The molecular weight excluding hydrogens is 294 g/mol. The summed E-state index contributed by atoms with van der Waals surface area (Å²) in [5, 5.41) is 9.87. The van der Waals surface area contributed by atoms with Gasteiger partial charge < -0.3 is 9.84 Å². The number of hydrogen-bond acceptors (Lipinski definition) is 4. The van der Waals surface area contributed by atoms with E-state index in [0.29, 0.717) is 13.0 Å². The molecule has 2 rings (SSSR count). The molecule has 1 aliphatic heterocycles. The molecule has 23 heavy (non-hydrogen) atoms. The number of amides is 1. The summed E-state index contributed by atoms with van der Waals surface area (Å²) < 4.78 is 5.41. The lowest BCUT2D eigenvalue weighted by molar-refractivity contribution is -0.203. The predicted octanol–water partition coefficient (Wildman–Crippen LogP) is 2.58. The van der Waals surface area contributed by atoms with Crippen molar-refractivity contribution in [3.05, 3.63) is 35.9 Å². The highest BCUT2D eigenvalue weighted by atomic mass is 16.8. The van der Waals surface area contributed by atoms with E-state index in [1.807, 2.05) is 18.2 Å². The first kappa shape index (κ1) is 17.9. The highest BCUT2D eigenvalue weighted by molar-refractivity contribution is 5.78. The van der Waals surface area contributed by atoms with Gasteiger partial charge in [0.15, 0.2) is 6.29 Å². The number of nitrogens with one attached hydrogen (secondary N) is 1. The third-order valence-corrected chi connectivity index (χ3v) is 4.17. The summed E-state index contributed by atoms with van der Waals surface area (Å²) in [4.78, 5) is 17.5. The lowest BCUT2D eigenvalue weighted by Gasteiger charge is -2.24. The Hall–Kier alpha value is -1.43. The molecule has 3 atom stereocenters. The van der Waals surface area contributed by atoms with E-state index in [4.69, 9.17) is 9.57 Å². The van der Waals surface area contributed by atoms with Crippen LogP contribution in [0.1, 0.15) is 44.6 Å². The molecule has 1 heterocycles. The molecule has 1 fully saturated rings. The number of hydroxylamine groups is 1. The molecule has 128 valence electrons. The lowest BCUT2D eigenvalue weighted by atomic mass is 9.95. The molecule has 1 aromatic carbocycles. The van der Waals surface area contributed by atoms with Crippen molar-refractivity contribution in [3.63, 3.8) is 0 Å². The van der Waals surface area contributed by atoms with E-state index in [2.05, 4.69) is 17.6 Å². The first-order valence-electron chi connectivity index (χ1n) is 8.46. The normalized spacial score (nSPS) is 20.7. The van der Waals surface area contributed by atoms with E-state index in [9.17, 15) is 9.90 Å². The van der Waals surface area contributed by atoms with Crippen molar-refractivity contribution in [1.82, 2.24) is 5.48 Å². The summed E-state index contributed by atoms with van der Waals surface area (Å²) in [6, 6.07) is 10.1. The smallest absolute Gasteiger partial charge is 0.249 e. The zero-order valence-corrected chi connectivity index (χ0v) is 13.7. The minimum atomic E-state index is -0.707. The van der Waals surface area contributed by atoms with Gasteiger partial charge >= 0.3 is 0 Å². The Bertz CT molecular complexity index is 457. The van der Waals surface area contributed by atoms with Crippen molar-refractivity contribution in [3.8, 4) is 0 Å². The Morgan fingerprint density at radius 3 is 2.83 bits per heavy atom. The number of benzene rings is 1. The Morgan fingerprint density at radius 1 is 1.39 bits per heavy atom. The van der Waals surface area contributed by atoms with E-state index >= 15 is 0 Å². The van der Waals surface area contributed by atoms with Gasteiger partial charge in [-0.25, -0.2) is 10.3 Å². The highest BCUT2D eigenvalue weighted by Crippen LogP contribution is 2.16. The van der Waals surface area contributed by atoms with Gasteiger partial charge in [-0.2, -0.15) is 0 Å². The van der Waals surface area contributed by atoms with Gasteiger partial charge in [0.05, 0.1) is 12.0 Å². The van der Waals surface area contributed by atoms with Crippen molar-refractivity contribution >= 4 is 5.91 Å². The Balaban J connectivity index is 1.74. The molecule has 0 aromatic heterocycles. The molecule has 1 aliphatic rings. The second-order valence-corrected chi connectivity index (χ2v) is 6.11. The number of rotatable bonds is 8. The third-order valence-electron chi connectivity index (χ3n) is 4.17. The van der Waals surface area contributed by atoms with Gasteiger partial charge in [0, 0.05) is 13.0 Å². The topological polar surface area (TPSA) is 67.8 Å². The molecule has 1 saturated heterocycles. The van der Waals surface area contributed by atoms with Gasteiger partial charge in [-0.3, -0.25) is 4.79 Å². The summed E-state index contributed by atoms with van der Waals surface area (Å²) in [6.45, 7) is 2.31. The molecule has 0 spiro atoms. The number of aliphatic hydroxyl groups excluding tert-OH is 1. The molecule has 0 aliphatic carbocycles. The third kappa shape index (κ3) is 6.29. The molecule has 5 heteroatoms. The van der Waals surface area contributed by atoms with Crippen LogP contribution in [0.2, 0.25) is 0 Å². The maximum atomic E-state index is 12.2. The monoisotopic (exact) mass is 321 g/mol. The molecule has 1 aromatic rings. The van der Waals surface area contributed by atoms with Crippen molar-refractivity contribution in [1.29, 1.82) is 0 Å². The summed E-state index contributed by atoms with van der Waals surface area (Å²) >= 11 is 0. The molecular formula is C18H27NO4. The second kappa shape index (κ2) is 9.65. The van der Waals surface area contributed by atoms with Gasteiger partial charge in [0.25, 0.3) is 0 Å². The molecule has 5 nitrogen and oxygen atoms in total. The van der Waals surface area contributed by atoms with Crippen LogP contribution in [0.3, 0.4) is 0 Å². The number of carbonyl (C=O) groups is 1. The maximum Gasteiger partial charge on any atom is 0.249 e. The van der Waals surface area contributed by atoms with Crippen LogP contribution >= 0.6 is 0 Å². The standard InChI is InChI=1S/C18H27NO4/c1-14(20)16(11-7-10-15-8-3-2-4-9-15)18(21)19-23-17-12-5-6-13-22-17/h2-4,8-9,14,16-17,20H,5-7,10-13H2,1H3,(H,19,21)/t14-,16-,17?/m1/s1. The minimum Gasteiger partial charge on any atom is -0.393 e. The molecule has 2 N–H and O–H groups in total. The van der Waals surface area contributed by atoms with Gasteiger partial charge in [-0.05, 0) is 44.6 Å². The average molecular weight is 321 g/mol. The van der Waals surface area contributed by atoms with E-state index in [1.165, 1.54) is 5.56 Å². The molecule has 0 saturated carbocycles. The minimum absolute atomic E-state index is 0.276. The van der Waals surface area contributed by atoms with Crippen LogP contribution in [0.4, 0.5) is 0 Å². The number of aryl methyl sites for hydroxylation is 1. The lowest BCUT2D eigenvalue weighted by Crippen LogP contribution is -2.40. The fourth-order valence-corrected chi connectivity index (χ4v) is 2.77. The zero-order chi connectivity index (χ0) is 16.5. The summed E-state index contributed by atoms with van der Waals surface area (Å²) in [7, 11) is 0. The molecule has 0 radical (unpaired) electrons.